The molecule has 3 nitrogen and oxygen atoms in total. The first-order chi connectivity index (χ1) is 7.54. The van der Waals surface area contributed by atoms with Gasteiger partial charge in [-0.2, -0.15) is 0 Å². The lowest BCUT2D eigenvalue weighted by Gasteiger charge is -2.26. The van der Waals surface area contributed by atoms with Gasteiger partial charge in [0.2, 0.25) is 0 Å². The Bertz CT molecular complexity index is 310. The van der Waals surface area contributed by atoms with Crippen LogP contribution < -0.4 is 5.73 Å². The fourth-order valence-electron chi connectivity index (χ4n) is 1.59. The van der Waals surface area contributed by atoms with Gasteiger partial charge in [0.1, 0.15) is 0 Å². The molecule has 0 bridgehead atoms. The van der Waals surface area contributed by atoms with Gasteiger partial charge in [0.05, 0.1) is 6.10 Å². The van der Waals surface area contributed by atoms with Crippen LogP contribution in [-0.4, -0.2) is 29.6 Å². The Balaban J connectivity index is 2.58. The summed E-state index contributed by atoms with van der Waals surface area (Å²) in [5.41, 5.74) is 7.25. The summed E-state index contributed by atoms with van der Waals surface area (Å²) in [5, 5.41) is 10.0. The van der Waals surface area contributed by atoms with Gasteiger partial charge in [-0.3, -0.25) is 0 Å². The lowest BCUT2D eigenvalue weighted by molar-refractivity contribution is 0.107. The first-order valence-electron chi connectivity index (χ1n) is 5.78. The average Bonchev–Trinajstić information content (AvgIpc) is 2.28. The molecule has 0 heterocycles. The zero-order valence-electron chi connectivity index (χ0n) is 10.4. The monoisotopic (exact) mass is 222 g/mol. The molecule has 2 unspecified atom stereocenters. The summed E-state index contributed by atoms with van der Waals surface area (Å²) < 4.78 is 0. The van der Waals surface area contributed by atoms with Crippen molar-refractivity contribution in [1.82, 2.24) is 4.90 Å². The Hall–Kier alpha value is -1.06. The summed E-state index contributed by atoms with van der Waals surface area (Å²) in [6.07, 6.45) is 0.643. The molecule has 0 radical (unpaired) electrons. The Morgan fingerprint density at radius 3 is 2.38 bits per heavy atom. The molecule has 0 aliphatic rings. The molecular weight excluding hydrogens is 200 g/mol. The topological polar surface area (TPSA) is 49.5 Å². The van der Waals surface area contributed by atoms with Gasteiger partial charge in [-0.15, -0.1) is 0 Å². The minimum Gasteiger partial charge on any atom is -0.399 e. The highest BCUT2D eigenvalue weighted by Gasteiger charge is 2.13. The second kappa shape index (κ2) is 5.87. The van der Waals surface area contributed by atoms with Crippen molar-refractivity contribution >= 4 is 5.69 Å². The van der Waals surface area contributed by atoms with E-state index in [-0.39, 0.29) is 0 Å². The predicted molar refractivity (Wildman–Crippen MR) is 68.2 cm³/mol. The van der Waals surface area contributed by atoms with Crippen LogP contribution in [0.4, 0.5) is 5.69 Å². The lowest BCUT2D eigenvalue weighted by Crippen LogP contribution is -2.32. The van der Waals surface area contributed by atoms with Crippen LogP contribution in [0.5, 0.6) is 0 Å². The Kier molecular flexibility index (Phi) is 4.77. The third-order valence-electron chi connectivity index (χ3n) is 3.13. The molecule has 0 saturated carbocycles. The quantitative estimate of drug-likeness (QED) is 0.749. The van der Waals surface area contributed by atoms with Crippen molar-refractivity contribution in [3.05, 3.63) is 29.8 Å². The predicted octanol–water partition coefficient (Wildman–Crippen LogP) is 2.03. The smallest absolute Gasteiger partial charge is 0.0916 e. The molecule has 16 heavy (non-hydrogen) atoms. The number of rotatable bonds is 5. The van der Waals surface area contributed by atoms with E-state index in [2.05, 4.69) is 18.7 Å². The van der Waals surface area contributed by atoms with Crippen LogP contribution in [0.3, 0.4) is 0 Å². The van der Waals surface area contributed by atoms with Gasteiger partial charge in [-0.25, -0.2) is 0 Å². The van der Waals surface area contributed by atoms with Crippen LogP contribution in [0.15, 0.2) is 24.3 Å². The normalized spacial score (nSPS) is 15.1. The second-order valence-corrected chi connectivity index (χ2v) is 4.38. The molecule has 3 heteroatoms. The summed E-state index contributed by atoms with van der Waals surface area (Å²) >= 11 is 0. The molecule has 90 valence electrons. The highest BCUT2D eigenvalue weighted by molar-refractivity contribution is 5.39. The minimum absolute atomic E-state index is 0.445. The van der Waals surface area contributed by atoms with Crippen LogP contribution in [0, 0.1) is 0 Å². The number of nitrogens with zero attached hydrogens (tertiary/aromatic N) is 1. The molecule has 0 spiro atoms. The summed E-state index contributed by atoms with van der Waals surface area (Å²) in [7, 11) is 2.04. The standard InChI is InChI=1S/C13H22N2O/c1-4-10(2)15(3)9-13(16)11-5-7-12(14)8-6-11/h5-8,10,13,16H,4,9,14H2,1-3H3. The average molecular weight is 222 g/mol. The van der Waals surface area contributed by atoms with Crippen molar-refractivity contribution in [1.29, 1.82) is 0 Å². The maximum absolute atomic E-state index is 10.0. The fraction of sp³-hybridized carbons (Fsp3) is 0.538. The molecule has 0 saturated heterocycles. The van der Waals surface area contributed by atoms with Gasteiger partial charge in [-0.1, -0.05) is 19.1 Å². The van der Waals surface area contributed by atoms with E-state index < -0.39 is 6.10 Å². The van der Waals surface area contributed by atoms with E-state index in [4.69, 9.17) is 5.73 Å². The van der Waals surface area contributed by atoms with Crippen LogP contribution in [0.2, 0.25) is 0 Å². The first-order valence-corrected chi connectivity index (χ1v) is 5.78. The third kappa shape index (κ3) is 3.51. The molecular formula is C13H22N2O. The van der Waals surface area contributed by atoms with Crippen LogP contribution in [0.1, 0.15) is 31.9 Å². The van der Waals surface area contributed by atoms with Gasteiger partial charge in [0, 0.05) is 18.3 Å². The fourth-order valence-corrected chi connectivity index (χ4v) is 1.59. The van der Waals surface area contributed by atoms with Crippen molar-refractivity contribution in [2.45, 2.75) is 32.4 Å². The molecule has 1 aromatic rings. The van der Waals surface area contributed by atoms with E-state index >= 15 is 0 Å². The first kappa shape index (κ1) is 13.0. The number of hydrogen-bond donors (Lipinski definition) is 2. The molecule has 0 aliphatic heterocycles. The van der Waals surface area contributed by atoms with E-state index in [1.807, 2.05) is 31.3 Å². The van der Waals surface area contributed by atoms with Gasteiger partial charge >= 0.3 is 0 Å². The van der Waals surface area contributed by atoms with Gasteiger partial charge < -0.3 is 15.7 Å². The molecule has 1 rings (SSSR count). The number of benzene rings is 1. The molecule has 3 N–H and O–H groups in total. The number of nitrogen functional groups attached to an aromatic ring is 1. The van der Waals surface area contributed by atoms with Crippen molar-refractivity contribution in [2.24, 2.45) is 0 Å². The second-order valence-electron chi connectivity index (χ2n) is 4.38. The summed E-state index contributed by atoms with van der Waals surface area (Å²) in [4.78, 5) is 2.17. The number of likely N-dealkylation sites (N-methyl/N-ethyl adjacent to an activating group) is 1. The van der Waals surface area contributed by atoms with E-state index in [0.29, 0.717) is 12.6 Å². The number of hydrogen-bond acceptors (Lipinski definition) is 3. The molecule has 0 fully saturated rings. The summed E-state index contributed by atoms with van der Waals surface area (Å²) in [6.45, 7) is 4.96. The van der Waals surface area contributed by atoms with Crippen molar-refractivity contribution in [3.63, 3.8) is 0 Å². The third-order valence-corrected chi connectivity index (χ3v) is 3.13. The minimum atomic E-state index is -0.445. The van der Waals surface area contributed by atoms with E-state index in [9.17, 15) is 5.11 Å². The molecule has 0 amide bonds. The van der Waals surface area contributed by atoms with E-state index in [1.165, 1.54) is 0 Å². The molecule has 2 atom stereocenters. The number of aliphatic hydroxyl groups excluding tert-OH is 1. The highest BCUT2D eigenvalue weighted by Crippen LogP contribution is 2.16. The Morgan fingerprint density at radius 1 is 1.31 bits per heavy atom. The lowest BCUT2D eigenvalue weighted by atomic mass is 10.1. The largest absolute Gasteiger partial charge is 0.399 e. The molecule has 0 aromatic heterocycles. The van der Waals surface area contributed by atoms with Crippen LogP contribution in [0.25, 0.3) is 0 Å². The van der Waals surface area contributed by atoms with E-state index in [0.717, 1.165) is 17.7 Å². The molecule has 1 aromatic carbocycles. The van der Waals surface area contributed by atoms with Crippen LogP contribution in [-0.2, 0) is 0 Å². The van der Waals surface area contributed by atoms with Crippen molar-refractivity contribution in [3.8, 4) is 0 Å². The SMILES string of the molecule is CCC(C)N(C)CC(O)c1ccc(N)cc1. The van der Waals surface area contributed by atoms with Gasteiger partial charge in [0.15, 0.2) is 0 Å². The highest BCUT2D eigenvalue weighted by atomic mass is 16.3. The van der Waals surface area contributed by atoms with Gasteiger partial charge in [0.25, 0.3) is 0 Å². The van der Waals surface area contributed by atoms with Crippen molar-refractivity contribution in [2.75, 3.05) is 19.3 Å². The molecule has 0 aliphatic carbocycles. The number of anilines is 1. The van der Waals surface area contributed by atoms with E-state index in [1.54, 1.807) is 0 Å². The zero-order chi connectivity index (χ0) is 12.1. The Labute approximate surface area is 97.9 Å². The maximum Gasteiger partial charge on any atom is 0.0916 e. The van der Waals surface area contributed by atoms with Crippen molar-refractivity contribution < 1.29 is 5.11 Å². The zero-order valence-corrected chi connectivity index (χ0v) is 10.4. The maximum atomic E-state index is 10.0. The summed E-state index contributed by atoms with van der Waals surface area (Å²) in [5.74, 6) is 0. The van der Waals surface area contributed by atoms with Gasteiger partial charge in [-0.05, 0) is 38.1 Å². The number of aliphatic hydroxyl groups is 1. The Morgan fingerprint density at radius 2 is 1.88 bits per heavy atom. The number of nitrogens with two attached hydrogens (primary N) is 1. The summed E-state index contributed by atoms with van der Waals surface area (Å²) in [6, 6.07) is 7.89. The van der Waals surface area contributed by atoms with Crippen LogP contribution >= 0.6 is 0 Å².